The van der Waals surface area contributed by atoms with E-state index in [-0.39, 0.29) is 12.2 Å². The van der Waals surface area contributed by atoms with Gasteiger partial charge in [0.2, 0.25) is 0 Å². The van der Waals surface area contributed by atoms with Crippen LogP contribution in [0.1, 0.15) is 41.9 Å². The SMILES string of the molecule is Cc1cc(C2=CCC(c3ccccc3OCC3CO3)CC2)ccc1OCC1CO1. The van der Waals surface area contributed by atoms with E-state index in [9.17, 15) is 0 Å². The maximum Gasteiger partial charge on any atom is 0.122 e. The molecule has 0 spiro atoms. The molecular formula is C25H28O4. The fraction of sp³-hybridized carbons (Fsp3) is 0.440. The van der Waals surface area contributed by atoms with Crippen molar-refractivity contribution >= 4 is 5.57 Å². The summed E-state index contributed by atoms with van der Waals surface area (Å²) in [5, 5.41) is 0. The highest BCUT2D eigenvalue weighted by atomic mass is 16.6. The predicted octanol–water partition coefficient (Wildman–Crippen LogP) is 4.90. The van der Waals surface area contributed by atoms with Crippen LogP contribution >= 0.6 is 0 Å². The molecule has 29 heavy (non-hydrogen) atoms. The number of rotatable bonds is 8. The van der Waals surface area contributed by atoms with Gasteiger partial charge in [-0.1, -0.05) is 30.3 Å². The molecule has 2 aromatic carbocycles. The van der Waals surface area contributed by atoms with Crippen LogP contribution in [0.25, 0.3) is 5.57 Å². The minimum Gasteiger partial charge on any atom is -0.491 e. The Bertz CT molecular complexity index is 895. The van der Waals surface area contributed by atoms with Crippen molar-refractivity contribution in [3.63, 3.8) is 0 Å². The van der Waals surface area contributed by atoms with Gasteiger partial charge >= 0.3 is 0 Å². The first kappa shape index (κ1) is 18.7. The lowest BCUT2D eigenvalue weighted by Gasteiger charge is -2.25. The molecule has 2 saturated heterocycles. The zero-order chi connectivity index (χ0) is 19.6. The molecule has 0 amide bonds. The van der Waals surface area contributed by atoms with Crippen molar-refractivity contribution in [3.05, 3.63) is 65.2 Å². The van der Waals surface area contributed by atoms with Gasteiger partial charge in [0.1, 0.15) is 36.9 Å². The maximum atomic E-state index is 6.03. The molecule has 0 N–H and O–H groups in total. The third-order valence-electron chi connectivity index (χ3n) is 5.97. The number of benzene rings is 2. The monoisotopic (exact) mass is 392 g/mol. The molecule has 2 fully saturated rings. The normalized spacial score (nSPS) is 25.3. The Kier molecular flexibility index (Phi) is 5.30. The molecule has 3 aliphatic rings. The van der Waals surface area contributed by atoms with Crippen LogP contribution in [0, 0.1) is 6.92 Å². The van der Waals surface area contributed by atoms with E-state index in [0.29, 0.717) is 19.1 Å². The van der Waals surface area contributed by atoms with Crippen molar-refractivity contribution in [2.45, 2.75) is 44.3 Å². The van der Waals surface area contributed by atoms with Crippen LogP contribution in [-0.4, -0.2) is 38.6 Å². The minimum absolute atomic E-state index is 0.285. The fourth-order valence-corrected chi connectivity index (χ4v) is 4.03. The van der Waals surface area contributed by atoms with E-state index in [0.717, 1.165) is 44.0 Å². The van der Waals surface area contributed by atoms with Crippen molar-refractivity contribution < 1.29 is 18.9 Å². The molecule has 152 valence electrons. The molecule has 2 aliphatic heterocycles. The Balaban J connectivity index is 1.25. The van der Waals surface area contributed by atoms with E-state index in [1.807, 2.05) is 0 Å². The molecule has 0 bridgehead atoms. The summed E-state index contributed by atoms with van der Waals surface area (Å²) in [5.41, 5.74) is 5.26. The molecule has 0 aromatic heterocycles. The Morgan fingerprint density at radius 2 is 1.66 bits per heavy atom. The van der Waals surface area contributed by atoms with Gasteiger partial charge in [-0.3, -0.25) is 0 Å². The smallest absolute Gasteiger partial charge is 0.122 e. The third-order valence-corrected chi connectivity index (χ3v) is 5.97. The lowest BCUT2D eigenvalue weighted by atomic mass is 9.82. The van der Waals surface area contributed by atoms with Gasteiger partial charge < -0.3 is 18.9 Å². The van der Waals surface area contributed by atoms with E-state index in [1.165, 1.54) is 22.3 Å². The van der Waals surface area contributed by atoms with Crippen molar-refractivity contribution in [2.24, 2.45) is 0 Å². The molecule has 2 heterocycles. The van der Waals surface area contributed by atoms with Crippen LogP contribution < -0.4 is 9.47 Å². The van der Waals surface area contributed by atoms with Crippen molar-refractivity contribution in [2.75, 3.05) is 26.4 Å². The number of hydrogen-bond donors (Lipinski definition) is 0. The Hall–Kier alpha value is -2.30. The van der Waals surface area contributed by atoms with Gasteiger partial charge in [-0.15, -0.1) is 0 Å². The summed E-state index contributed by atoms with van der Waals surface area (Å²) < 4.78 is 22.4. The highest BCUT2D eigenvalue weighted by molar-refractivity contribution is 5.68. The summed E-state index contributed by atoms with van der Waals surface area (Å²) in [4.78, 5) is 0. The second-order valence-electron chi connectivity index (χ2n) is 8.25. The number of para-hydroxylation sites is 1. The first-order valence-corrected chi connectivity index (χ1v) is 10.6. The highest BCUT2D eigenvalue weighted by Crippen LogP contribution is 2.40. The number of epoxide rings is 2. The lowest BCUT2D eigenvalue weighted by molar-refractivity contribution is 0.259. The van der Waals surface area contributed by atoms with Crippen molar-refractivity contribution in [1.82, 2.24) is 0 Å². The first-order valence-electron chi connectivity index (χ1n) is 10.6. The molecule has 3 unspecified atom stereocenters. The summed E-state index contributed by atoms with van der Waals surface area (Å²) in [7, 11) is 0. The fourth-order valence-electron chi connectivity index (χ4n) is 4.03. The van der Waals surface area contributed by atoms with E-state index < -0.39 is 0 Å². The van der Waals surface area contributed by atoms with Crippen molar-refractivity contribution in [1.29, 1.82) is 0 Å². The topological polar surface area (TPSA) is 43.5 Å². The van der Waals surface area contributed by atoms with Gasteiger partial charge in [0.15, 0.2) is 0 Å². The number of aryl methyl sites for hydroxylation is 1. The van der Waals surface area contributed by atoms with E-state index in [2.05, 4.69) is 55.5 Å². The van der Waals surface area contributed by atoms with E-state index in [1.54, 1.807) is 0 Å². The third kappa shape index (κ3) is 4.65. The van der Waals surface area contributed by atoms with E-state index in [4.69, 9.17) is 18.9 Å². The summed E-state index contributed by atoms with van der Waals surface area (Å²) >= 11 is 0. The highest BCUT2D eigenvalue weighted by Gasteiger charge is 2.25. The summed E-state index contributed by atoms with van der Waals surface area (Å²) in [6.45, 7) is 5.09. The molecule has 3 atom stereocenters. The molecule has 2 aromatic rings. The zero-order valence-corrected chi connectivity index (χ0v) is 16.9. The molecule has 0 radical (unpaired) electrons. The van der Waals surface area contributed by atoms with Gasteiger partial charge in [0.05, 0.1) is 13.2 Å². The number of hydrogen-bond acceptors (Lipinski definition) is 4. The zero-order valence-electron chi connectivity index (χ0n) is 16.9. The molecular weight excluding hydrogens is 364 g/mol. The van der Waals surface area contributed by atoms with Gasteiger partial charge in [-0.25, -0.2) is 0 Å². The average molecular weight is 392 g/mol. The van der Waals surface area contributed by atoms with Crippen LogP contribution in [-0.2, 0) is 9.47 Å². The Morgan fingerprint density at radius 3 is 2.31 bits per heavy atom. The molecule has 1 aliphatic carbocycles. The van der Waals surface area contributed by atoms with Crippen LogP contribution in [0.2, 0.25) is 0 Å². The number of allylic oxidation sites excluding steroid dienone is 2. The van der Waals surface area contributed by atoms with Gasteiger partial charge in [-0.05, 0) is 72.6 Å². The maximum absolute atomic E-state index is 6.03. The molecule has 4 heteroatoms. The van der Waals surface area contributed by atoms with Crippen LogP contribution in [0.15, 0.2) is 48.5 Å². The van der Waals surface area contributed by atoms with Gasteiger partial charge in [0, 0.05) is 0 Å². The summed E-state index contributed by atoms with van der Waals surface area (Å²) in [6.07, 6.45) is 6.25. The predicted molar refractivity (Wildman–Crippen MR) is 113 cm³/mol. The van der Waals surface area contributed by atoms with Crippen LogP contribution in [0.5, 0.6) is 11.5 Å². The lowest BCUT2D eigenvalue weighted by Crippen LogP contribution is -2.10. The second-order valence-corrected chi connectivity index (χ2v) is 8.25. The van der Waals surface area contributed by atoms with Gasteiger partial charge in [-0.2, -0.15) is 0 Å². The quantitative estimate of drug-likeness (QED) is 0.599. The molecule has 5 rings (SSSR count). The average Bonchev–Trinajstić information content (AvgIpc) is 3.67. The van der Waals surface area contributed by atoms with Crippen LogP contribution in [0.4, 0.5) is 0 Å². The largest absolute Gasteiger partial charge is 0.491 e. The second kappa shape index (κ2) is 8.21. The molecule has 0 saturated carbocycles. The molecule has 4 nitrogen and oxygen atoms in total. The summed E-state index contributed by atoms with van der Waals surface area (Å²) in [5.74, 6) is 2.49. The van der Waals surface area contributed by atoms with E-state index >= 15 is 0 Å². The first-order chi connectivity index (χ1) is 14.3. The standard InChI is InChI=1S/C25H28O4/c1-17-12-20(10-11-24(17)28-15-21-13-26-21)18-6-8-19(9-7-18)23-4-2-3-5-25(23)29-16-22-14-27-22/h2-6,10-12,19,21-22H,7-9,13-16H2,1H3. The minimum atomic E-state index is 0.285. The van der Waals surface area contributed by atoms with Crippen molar-refractivity contribution in [3.8, 4) is 11.5 Å². The summed E-state index contributed by atoms with van der Waals surface area (Å²) in [6, 6.07) is 15.0. The van der Waals surface area contributed by atoms with Crippen LogP contribution in [0.3, 0.4) is 0 Å². The Labute approximate surface area is 172 Å². The Morgan fingerprint density at radius 1 is 0.931 bits per heavy atom. The van der Waals surface area contributed by atoms with Gasteiger partial charge in [0.25, 0.3) is 0 Å². The number of ether oxygens (including phenoxy) is 4.